The summed E-state index contributed by atoms with van der Waals surface area (Å²) in [6.45, 7) is -0.453. The molecule has 2 amide bonds. The van der Waals surface area contributed by atoms with Crippen LogP contribution in [-0.2, 0) is 35.4 Å². The van der Waals surface area contributed by atoms with Gasteiger partial charge in [-0.3, -0.25) is 14.5 Å². The first kappa shape index (κ1) is 31.4. The molecular weight excluding hydrogens is 615 g/mol. The zero-order valence-corrected chi connectivity index (χ0v) is 25.9. The number of oxime groups is 1. The van der Waals surface area contributed by atoms with Gasteiger partial charge < -0.3 is 25.4 Å². The third kappa shape index (κ3) is 6.88. The number of nitrogen functional groups attached to an aromatic ring is 1. The second-order valence-electron chi connectivity index (χ2n) is 10.5. The highest BCUT2D eigenvalue weighted by molar-refractivity contribution is 8.00. The smallest absolute Gasteiger partial charge is 0.355 e. The molecule has 0 spiro atoms. The summed E-state index contributed by atoms with van der Waals surface area (Å²) in [4.78, 5) is 55.9. The number of quaternary nitrogens is 1. The van der Waals surface area contributed by atoms with E-state index in [0.29, 0.717) is 21.7 Å². The number of anilines is 1. The molecule has 0 radical (unpaired) electrons. The quantitative estimate of drug-likeness (QED) is 0.122. The van der Waals surface area contributed by atoms with E-state index >= 15 is 0 Å². The van der Waals surface area contributed by atoms with E-state index in [-0.39, 0.29) is 34.9 Å². The number of β-lactam (4-membered cyclic amide) rings is 1. The molecule has 5 rings (SSSR count). The Hall–Kier alpha value is -3.99. The number of carbonyl (C=O) groups is 3. The van der Waals surface area contributed by atoms with Crippen LogP contribution in [-0.4, -0.2) is 95.9 Å². The Kier molecular flexibility index (Phi) is 9.53. The van der Waals surface area contributed by atoms with Crippen LogP contribution in [0.5, 0.6) is 5.75 Å². The van der Waals surface area contributed by atoms with Gasteiger partial charge in [-0.25, -0.2) is 14.2 Å². The Morgan fingerprint density at radius 2 is 2.09 bits per heavy atom. The van der Waals surface area contributed by atoms with E-state index < -0.39 is 36.1 Å². The maximum Gasteiger partial charge on any atom is 0.355 e. The molecule has 4 heterocycles. The lowest BCUT2D eigenvalue weighted by Crippen LogP contribution is -2.71. The molecule has 3 atom stereocenters. The van der Waals surface area contributed by atoms with Gasteiger partial charge in [0.1, 0.15) is 47.8 Å². The predicted octanol–water partition coefficient (Wildman–Crippen LogP) is 2.12. The molecule has 16 heteroatoms. The zero-order chi connectivity index (χ0) is 31.4. The molecule has 44 heavy (non-hydrogen) atoms. The third-order valence-corrected chi connectivity index (χ3v) is 9.05. The number of carbonyl (C=O) groups excluding carboxylic acids is 3. The SMILES string of the molecule is COc1ccc(COC(=O)C2=C(/C=C/C3CC[N+](C)(C)O3)CS[C@@H]3[C@H](NC(=O)/C(=N\OCF)c4csc(N)n4)C(=O)N23)cc1. The van der Waals surface area contributed by atoms with Crippen molar-refractivity contribution in [3.63, 3.8) is 0 Å². The van der Waals surface area contributed by atoms with E-state index in [9.17, 15) is 18.8 Å². The van der Waals surface area contributed by atoms with Gasteiger partial charge in [0, 0.05) is 17.6 Å². The van der Waals surface area contributed by atoms with Gasteiger partial charge in [0.05, 0.1) is 21.2 Å². The van der Waals surface area contributed by atoms with E-state index in [1.54, 1.807) is 37.5 Å². The topological polar surface area (TPSA) is 155 Å². The van der Waals surface area contributed by atoms with Crippen molar-refractivity contribution in [3.8, 4) is 5.75 Å². The monoisotopic (exact) mass is 647 g/mol. The minimum absolute atomic E-state index is 0.0219. The summed E-state index contributed by atoms with van der Waals surface area (Å²) in [5.74, 6) is -0.968. The first-order valence-corrected chi connectivity index (χ1v) is 15.5. The Morgan fingerprint density at radius 3 is 2.73 bits per heavy atom. The molecular formula is C28H32FN6O7S2+. The molecule has 2 fully saturated rings. The number of rotatable bonds is 11. The van der Waals surface area contributed by atoms with Crippen LogP contribution in [0.1, 0.15) is 17.7 Å². The number of hydrogen-bond acceptors (Lipinski definition) is 12. The fourth-order valence-corrected chi connectivity index (χ4v) is 6.73. The van der Waals surface area contributed by atoms with E-state index in [0.717, 1.165) is 29.9 Å². The summed E-state index contributed by atoms with van der Waals surface area (Å²) in [7, 11) is 5.49. The number of benzene rings is 1. The first-order chi connectivity index (χ1) is 21.1. The second kappa shape index (κ2) is 13.3. The fourth-order valence-electron chi connectivity index (χ4n) is 4.86. The fraction of sp³-hybridized carbons (Fsp3) is 0.393. The lowest BCUT2D eigenvalue weighted by molar-refractivity contribution is -1.06. The molecule has 3 aliphatic heterocycles. The lowest BCUT2D eigenvalue weighted by Gasteiger charge is -2.49. The van der Waals surface area contributed by atoms with Crippen molar-refractivity contribution in [1.82, 2.24) is 15.2 Å². The summed E-state index contributed by atoms with van der Waals surface area (Å²) in [6.07, 6.45) is 4.34. The van der Waals surface area contributed by atoms with Crippen molar-refractivity contribution >= 4 is 51.7 Å². The van der Waals surface area contributed by atoms with Crippen molar-refractivity contribution in [2.24, 2.45) is 5.16 Å². The van der Waals surface area contributed by atoms with Gasteiger partial charge in [-0.05, 0) is 29.3 Å². The van der Waals surface area contributed by atoms with Crippen molar-refractivity contribution in [1.29, 1.82) is 0 Å². The molecule has 3 N–H and O–H groups in total. The average Bonchev–Trinajstić information content (AvgIpc) is 3.61. The number of alkyl halides is 1. The maximum atomic E-state index is 13.5. The Bertz CT molecular complexity index is 1510. The summed E-state index contributed by atoms with van der Waals surface area (Å²) in [5.41, 5.74) is 6.85. The van der Waals surface area contributed by atoms with Crippen LogP contribution in [0.15, 0.2) is 58.2 Å². The summed E-state index contributed by atoms with van der Waals surface area (Å²) in [5, 5.41) is 7.19. The van der Waals surface area contributed by atoms with Crippen LogP contribution < -0.4 is 15.8 Å². The zero-order valence-electron chi connectivity index (χ0n) is 24.2. The number of halogens is 1. The number of ether oxygens (including phenoxy) is 2. The number of nitrogens with one attached hydrogen (secondary N) is 1. The molecule has 234 valence electrons. The average molecular weight is 648 g/mol. The summed E-state index contributed by atoms with van der Waals surface area (Å²) >= 11 is 2.44. The van der Waals surface area contributed by atoms with Crippen LogP contribution in [0, 0.1) is 0 Å². The van der Waals surface area contributed by atoms with Gasteiger partial charge in [-0.1, -0.05) is 23.4 Å². The van der Waals surface area contributed by atoms with Gasteiger partial charge in [0.25, 0.3) is 18.7 Å². The van der Waals surface area contributed by atoms with Crippen molar-refractivity contribution in [2.45, 2.75) is 30.5 Å². The summed E-state index contributed by atoms with van der Waals surface area (Å²) < 4.78 is 23.9. The molecule has 0 aliphatic carbocycles. The lowest BCUT2D eigenvalue weighted by atomic mass is 10.0. The van der Waals surface area contributed by atoms with Crippen LogP contribution in [0.3, 0.4) is 0 Å². The molecule has 1 unspecified atom stereocenters. The van der Waals surface area contributed by atoms with E-state index in [4.69, 9.17) is 20.0 Å². The van der Waals surface area contributed by atoms with Gasteiger partial charge >= 0.3 is 5.97 Å². The van der Waals surface area contributed by atoms with Gasteiger partial charge in [-0.2, -0.15) is 9.48 Å². The number of fused-ring (bicyclic) bond motifs is 1. The molecule has 0 bridgehead atoms. The number of allylic oxidation sites excluding steroid dienone is 1. The Morgan fingerprint density at radius 1 is 1.32 bits per heavy atom. The van der Waals surface area contributed by atoms with Crippen molar-refractivity contribution in [3.05, 3.63) is 64.3 Å². The van der Waals surface area contributed by atoms with Gasteiger partial charge in [0.2, 0.25) is 0 Å². The number of nitrogens with two attached hydrogens (primary N) is 1. The largest absolute Gasteiger partial charge is 0.497 e. The van der Waals surface area contributed by atoms with Crippen molar-refractivity contribution < 1.29 is 42.6 Å². The standard InChI is InChI=1S/C28H31FN6O7S2/c1-35(2)11-10-19(42-35)9-6-17-13-43-26-22(32-24(36)21(33-41-15-29)20-14-44-28(30)31-20)25(37)34(26)23(17)27(38)40-12-16-4-7-18(39-3)8-5-16/h4-9,14,19,22,26H,10-13,15H2,1-3H3,(H2-,30,31,32,36)/p+1/b9-6+,33-21-/t19?,22-,26-/m1/s1. The highest BCUT2D eigenvalue weighted by Crippen LogP contribution is 2.41. The molecule has 1 aromatic heterocycles. The number of nitrogens with zero attached hydrogens (tertiary/aromatic N) is 4. The third-order valence-electron chi connectivity index (χ3n) is 7.08. The number of thioether (sulfide) groups is 1. The highest BCUT2D eigenvalue weighted by Gasteiger charge is 2.54. The number of amides is 2. The summed E-state index contributed by atoms with van der Waals surface area (Å²) in [6, 6.07) is 6.08. The van der Waals surface area contributed by atoms with E-state index in [1.807, 2.05) is 20.2 Å². The molecule has 3 aliphatic rings. The number of esters is 1. The van der Waals surface area contributed by atoms with Crippen LogP contribution in [0.2, 0.25) is 0 Å². The van der Waals surface area contributed by atoms with Crippen molar-refractivity contribution in [2.75, 3.05) is 46.1 Å². The predicted molar refractivity (Wildman–Crippen MR) is 161 cm³/mol. The molecule has 2 saturated heterocycles. The maximum absolute atomic E-state index is 13.5. The number of hydrogen-bond donors (Lipinski definition) is 2. The molecule has 1 aromatic carbocycles. The minimum Gasteiger partial charge on any atom is -0.497 e. The molecule has 2 aromatic rings. The first-order valence-electron chi connectivity index (χ1n) is 13.6. The minimum atomic E-state index is -1.27. The molecule has 0 saturated carbocycles. The van der Waals surface area contributed by atoms with Crippen LogP contribution >= 0.6 is 23.1 Å². The normalized spacial score (nSPS) is 22.9. The van der Waals surface area contributed by atoms with Crippen LogP contribution in [0.25, 0.3) is 0 Å². The highest BCUT2D eigenvalue weighted by atomic mass is 32.2. The molecule has 13 nitrogen and oxygen atoms in total. The van der Waals surface area contributed by atoms with E-state index in [2.05, 4.69) is 20.3 Å². The number of methoxy groups -OCH3 is 1. The number of aromatic nitrogens is 1. The number of hydroxylamine groups is 3. The van der Waals surface area contributed by atoms with Gasteiger partial charge in [0.15, 0.2) is 10.8 Å². The Balaban J connectivity index is 1.35. The van der Waals surface area contributed by atoms with Gasteiger partial charge in [-0.15, -0.1) is 23.1 Å². The van der Waals surface area contributed by atoms with E-state index in [1.165, 1.54) is 22.0 Å². The second-order valence-corrected chi connectivity index (χ2v) is 12.5. The Labute approximate surface area is 261 Å². The van der Waals surface area contributed by atoms with Crippen LogP contribution in [0.4, 0.5) is 9.52 Å². The number of thiazole rings is 1.